The van der Waals surface area contributed by atoms with E-state index in [1.54, 1.807) is 20.9 Å². The van der Waals surface area contributed by atoms with Crippen molar-refractivity contribution in [2.75, 3.05) is 30.0 Å². The number of carboxylic acids is 1. The Bertz CT molecular complexity index is 1240. The van der Waals surface area contributed by atoms with Crippen molar-refractivity contribution in [1.82, 2.24) is 9.99 Å². The number of aromatic carboxylic acids is 1. The number of amides is 1. The first kappa shape index (κ1) is 22.7. The maximum atomic E-state index is 15.3. The molecule has 1 atom stereocenters. The highest BCUT2D eigenvalue weighted by Gasteiger charge is 2.42. The molecule has 1 aromatic carbocycles. The number of benzene rings is 1. The van der Waals surface area contributed by atoms with Gasteiger partial charge in [-0.3, -0.25) is 19.3 Å². The maximum Gasteiger partial charge on any atom is 0.471 e. The predicted octanol–water partition coefficient (Wildman–Crippen LogP) is 1.79. The number of hydrogen-bond acceptors (Lipinski definition) is 6. The van der Waals surface area contributed by atoms with Gasteiger partial charge in [-0.1, -0.05) is 0 Å². The molecule has 2 aromatic rings. The smallest absolute Gasteiger partial charge is 0.471 e. The molecular weight excluding hydrogens is 452 g/mol. The summed E-state index contributed by atoms with van der Waals surface area (Å²) in [5, 5.41) is 12.6. The first-order valence-corrected chi connectivity index (χ1v) is 9.93. The number of halogens is 4. The number of pyridine rings is 1. The third-order valence-corrected chi connectivity index (χ3v) is 5.93. The Kier molecular flexibility index (Phi) is 4.98. The summed E-state index contributed by atoms with van der Waals surface area (Å²) in [7, 11) is 1.60. The molecule has 0 spiro atoms. The fourth-order valence-corrected chi connectivity index (χ4v) is 4.10. The van der Waals surface area contributed by atoms with Gasteiger partial charge in [0.05, 0.1) is 5.39 Å². The standard InChI is InChI=1S/C20H20F4N4O5/c1-19(2)26(3)28-8-11(17(30)31)15(29)10-6-12(21)14(16(33-19)13(10)28)27-5-4-9(7-27)25-18(32)20(22,23)24/h6,8-9H,4-5,7H2,1-3H3,(H,25,32)(H,30,31). The minimum absolute atomic E-state index is 0.0371. The van der Waals surface area contributed by atoms with Crippen molar-refractivity contribution in [2.45, 2.75) is 38.2 Å². The highest BCUT2D eigenvalue weighted by atomic mass is 19.4. The van der Waals surface area contributed by atoms with Crippen LogP contribution in [0.15, 0.2) is 17.1 Å². The van der Waals surface area contributed by atoms with Crippen LogP contribution in [0.4, 0.5) is 23.2 Å². The van der Waals surface area contributed by atoms with Gasteiger partial charge < -0.3 is 20.1 Å². The Balaban J connectivity index is 1.85. The van der Waals surface area contributed by atoms with Gasteiger partial charge in [-0.05, 0) is 26.3 Å². The van der Waals surface area contributed by atoms with Gasteiger partial charge in [0, 0.05) is 32.4 Å². The summed E-state index contributed by atoms with van der Waals surface area (Å²) in [6.45, 7) is 3.29. The first-order chi connectivity index (χ1) is 15.2. The van der Waals surface area contributed by atoms with Crippen LogP contribution in [0.3, 0.4) is 0 Å². The lowest BCUT2D eigenvalue weighted by molar-refractivity contribution is -0.174. The van der Waals surface area contributed by atoms with E-state index in [2.05, 4.69) is 0 Å². The summed E-state index contributed by atoms with van der Waals surface area (Å²) in [5.74, 6) is -4.49. The van der Waals surface area contributed by atoms with Gasteiger partial charge in [0.2, 0.25) is 5.43 Å². The quantitative estimate of drug-likeness (QED) is 0.657. The molecule has 1 saturated heterocycles. The zero-order chi connectivity index (χ0) is 24.5. The van der Waals surface area contributed by atoms with Crippen molar-refractivity contribution < 1.29 is 37.0 Å². The number of carbonyl (C=O) groups is 2. The number of carbonyl (C=O) groups excluding carboxylic acids is 1. The van der Waals surface area contributed by atoms with Crippen molar-refractivity contribution in [3.8, 4) is 5.75 Å². The van der Waals surface area contributed by atoms with Gasteiger partial charge in [-0.2, -0.15) is 13.2 Å². The number of rotatable bonds is 3. The van der Waals surface area contributed by atoms with Crippen molar-refractivity contribution in [1.29, 1.82) is 0 Å². The highest BCUT2D eigenvalue weighted by molar-refractivity contribution is 5.97. The zero-order valence-corrected chi connectivity index (χ0v) is 17.8. The van der Waals surface area contributed by atoms with Crippen LogP contribution in [0.5, 0.6) is 5.75 Å². The third-order valence-electron chi connectivity index (χ3n) is 5.93. The summed E-state index contributed by atoms with van der Waals surface area (Å²) in [5.41, 5.74) is -2.50. The van der Waals surface area contributed by atoms with Crippen LogP contribution < -0.4 is 25.4 Å². The second kappa shape index (κ2) is 7.25. The predicted molar refractivity (Wildman–Crippen MR) is 109 cm³/mol. The van der Waals surface area contributed by atoms with E-state index in [0.717, 1.165) is 12.3 Å². The summed E-state index contributed by atoms with van der Waals surface area (Å²) >= 11 is 0. The largest absolute Gasteiger partial charge is 0.477 e. The molecule has 2 aliphatic heterocycles. The van der Waals surface area contributed by atoms with Crippen LogP contribution >= 0.6 is 0 Å². The molecular formula is C20H20F4N4O5. The summed E-state index contributed by atoms with van der Waals surface area (Å²) in [6, 6.07) is 0.0219. The minimum atomic E-state index is -5.04. The van der Waals surface area contributed by atoms with Crippen LogP contribution in [0.25, 0.3) is 10.9 Å². The fourth-order valence-electron chi connectivity index (χ4n) is 4.10. The Labute approximate surface area is 184 Å². The van der Waals surface area contributed by atoms with E-state index in [4.69, 9.17) is 4.74 Å². The minimum Gasteiger partial charge on any atom is -0.477 e. The van der Waals surface area contributed by atoms with Crippen molar-refractivity contribution in [2.24, 2.45) is 0 Å². The molecule has 178 valence electrons. The lowest BCUT2D eigenvalue weighted by Crippen LogP contribution is -2.55. The molecule has 13 heteroatoms. The number of alkyl halides is 3. The van der Waals surface area contributed by atoms with Gasteiger partial charge >= 0.3 is 18.1 Å². The van der Waals surface area contributed by atoms with E-state index >= 15 is 4.39 Å². The van der Waals surface area contributed by atoms with E-state index in [-0.39, 0.29) is 41.9 Å². The number of ether oxygens (including phenoxy) is 1. The lowest BCUT2D eigenvalue weighted by Gasteiger charge is -2.44. The van der Waals surface area contributed by atoms with Crippen LogP contribution in [0.2, 0.25) is 0 Å². The van der Waals surface area contributed by atoms with E-state index in [9.17, 15) is 32.7 Å². The van der Waals surface area contributed by atoms with Crippen LogP contribution in [0.1, 0.15) is 30.6 Å². The summed E-state index contributed by atoms with van der Waals surface area (Å²) in [4.78, 5) is 37.0. The van der Waals surface area contributed by atoms with Gasteiger partial charge in [-0.25, -0.2) is 9.18 Å². The monoisotopic (exact) mass is 472 g/mol. The molecule has 1 aromatic heterocycles. The Morgan fingerprint density at radius 3 is 2.58 bits per heavy atom. The lowest BCUT2D eigenvalue weighted by atomic mass is 10.1. The second-order valence-corrected chi connectivity index (χ2v) is 8.43. The number of aromatic nitrogens is 1. The summed E-state index contributed by atoms with van der Waals surface area (Å²) < 4.78 is 60.5. The van der Waals surface area contributed by atoms with E-state index < -0.39 is 46.6 Å². The Hall–Kier alpha value is -3.51. The SMILES string of the molecule is CN1n2cc(C(=O)O)c(=O)c3cc(F)c(N4CCC(NC(=O)C(F)(F)F)C4)c(c32)OC1(C)C. The molecule has 4 rings (SSSR count). The molecule has 9 nitrogen and oxygen atoms in total. The topological polar surface area (TPSA) is 104 Å². The van der Waals surface area contributed by atoms with E-state index in [1.807, 2.05) is 5.32 Å². The average Bonchev–Trinajstić information content (AvgIpc) is 3.14. The number of nitrogens with one attached hydrogen (secondary N) is 1. The Morgan fingerprint density at radius 1 is 1.30 bits per heavy atom. The average molecular weight is 472 g/mol. The number of hydrogen-bond donors (Lipinski definition) is 2. The van der Waals surface area contributed by atoms with Gasteiger partial charge in [0.1, 0.15) is 16.8 Å². The molecule has 1 amide bonds. The van der Waals surface area contributed by atoms with Crippen molar-refractivity contribution in [3.05, 3.63) is 33.9 Å². The van der Waals surface area contributed by atoms with Crippen LogP contribution in [-0.2, 0) is 4.79 Å². The Morgan fingerprint density at radius 2 is 1.97 bits per heavy atom. The number of anilines is 1. The maximum absolute atomic E-state index is 15.3. The van der Waals surface area contributed by atoms with Crippen LogP contribution in [0, 0.1) is 5.82 Å². The molecule has 33 heavy (non-hydrogen) atoms. The third kappa shape index (κ3) is 3.60. The van der Waals surface area contributed by atoms with Crippen molar-refractivity contribution in [3.63, 3.8) is 0 Å². The molecule has 0 saturated carbocycles. The second-order valence-electron chi connectivity index (χ2n) is 8.43. The molecule has 0 bridgehead atoms. The van der Waals surface area contributed by atoms with Gasteiger partial charge in [0.25, 0.3) is 0 Å². The van der Waals surface area contributed by atoms with Gasteiger partial charge in [-0.15, -0.1) is 0 Å². The van der Waals surface area contributed by atoms with E-state index in [1.165, 1.54) is 14.6 Å². The fraction of sp³-hybridized carbons (Fsp3) is 0.450. The first-order valence-electron chi connectivity index (χ1n) is 9.93. The molecule has 1 fully saturated rings. The molecule has 0 radical (unpaired) electrons. The van der Waals surface area contributed by atoms with Crippen LogP contribution in [-0.4, -0.2) is 59.7 Å². The molecule has 2 aliphatic rings. The molecule has 0 aliphatic carbocycles. The molecule has 2 N–H and O–H groups in total. The molecule has 1 unspecified atom stereocenters. The van der Waals surface area contributed by atoms with Gasteiger partial charge in [0.15, 0.2) is 17.3 Å². The molecule has 3 heterocycles. The normalized spacial score (nSPS) is 19.5. The highest BCUT2D eigenvalue weighted by Crippen LogP contribution is 2.44. The summed E-state index contributed by atoms with van der Waals surface area (Å²) in [6.07, 6.45) is -3.78. The number of nitrogens with zero attached hydrogens (tertiary/aromatic N) is 3. The number of carboxylic acid groups (broad SMARTS) is 1. The van der Waals surface area contributed by atoms with E-state index in [0.29, 0.717) is 0 Å². The zero-order valence-electron chi connectivity index (χ0n) is 17.8. The van der Waals surface area contributed by atoms with Crippen molar-refractivity contribution >= 4 is 28.5 Å².